The van der Waals surface area contributed by atoms with E-state index in [0.29, 0.717) is 43.3 Å². The number of carbonyl (C=O) groups is 2. The van der Waals surface area contributed by atoms with Gasteiger partial charge in [0.1, 0.15) is 11.4 Å². The number of nitro benzene ring substituents is 1. The van der Waals surface area contributed by atoms with Crippen molar-refractivity contribution in [2.24, 2.45) is 0 Å². The number of carbonyl (C=O) groups excluding carboxylic acids is 2. The number of hydrogen-bond donors (Lipinski definition) is 0. The summed E-state index contributed by atoms with van der Waals surface area (Å²) < 4.78 is 11.0. The van der Waals surface area contributed by atoms with Gasteiger partial charge in [0.05, 0.1) is 35.5 Å². The van der Waals surface area contributed by atoms with E-state index in [1.54, 1.807) is 24.3 Å². The van der Waals surface area contributed by atoms with Crippen molar-refractivity contribution >= 4 is 28.8 Å². The largest absolute Gasteiger partial charge is 0.491 e. The number of morpholine rings is 1. The second-order valence-corrected chi connectivity index (χ2v) is 7.73. The molecule has 1 saturated heterocycles. The Morgan fingerprint density at radius 2 is 1.59 bits per heavy atom. The topological polar surface area (TPSA) is 102 Å². The SMILES string of the molecule is CC(C)Oc1ccc(N2C(=O)C(c3ccc([N+](=O)[O-])cc3)=C(N3CCOCC3)C2=O)cc1. The second-order valence-electron chi connectivity index (χ2n) is 7.73. The van der Waals surface area contributed by atoms with Gasteiger partial charge in [0.25, 0.3) is 17.5 Å². The zero-order valence-electron chi connectivity index (χ0n) is 17.8. The van der Waals surface area contributed by atoms with Gasteiger partial charge in [0.15, 0.2) is 0 Å². The highest BCUT2D eigenvalue weighted by Crippen LogP contribution is 2.36. The first-order chi connectivity index (χ1) is 15.4. The molecule has 2 aliphatic rings. The van der Waals surface area contributed by atoms with E-state index in [-0.39, 0.29) is 23.1 Å². The van der Waals surface area contributed by atoms with E-state index < -0.39 is 16.7 Å². The van der Waals surface area contributed by atoms with Crippen LogP contribution in [0.5, 0.6) is 5.75 Å². The van der Waals surface area contributed by atoms with Gasteiger partial charge in [0, 0.05) is 25.2 Å². The Kier molecular flexibility index (Phi) is 5.91. The lowest BCUT2D eigenvalue weighted by molar-refractivity contribution is -0.384. The molecule has 0 unspecified atom stereocenters. The first-order valence-corrected chi connectivity index (χ1v) is 10.3. The van der Waals surface area contributed by atoms with Gasteiger partial charge in [-0.2, -0.15) is 0 Å². The standard InChI is InChI=1S/C23H23N3O6/c1-15(2)32-19-9-7-17(8-10-19)25-22(27)20(16-3-5-18(6-4-16)26(29)30)21(23(25)28)24-11-13-31-14-12-24/h3-10,15H,11-14H2,1-2H3. The third-order valence-electron chi connectivity index (χ3n) is 5.22. The molecule has 32 heavy (non-hydrogen) atoms. The number of rotatable bonds is 6. The summed E-state index contributed by atoms with van der Waals surface area (Å²) in [6.07, 6.45) is -0.000713. The van der Waals surface area contributed by atoms with Crippen LogP contribution >= 0.6 is 0 Å². The van der Waals surface area contributed by atoms with Gasteiger partial charge in [-0.1, -0.05) is 0 Å². The zero-order chi connectivity index (χ0) is 22.8. The molecule has 9 nitrogen and oxygen atoms in total. The van der Waals surface area contributed by atoms with Gasteiger partial charge in [0.2, 0.25) is 0 Å². The fourth-order valence-electron chi connectivity index (χ4n) is 3.79. The minimum Gasteiger partial charge on any atom is -0.491 e. The third-order valence-corrected chi connectivity index (χ3v) is 5.22. The van der Waals surface area contributed by atoms with Crippen LogP contribution in [0.25, 0.3) is 5.57 Å². The van der Waals surface area contributed by atoms with Crippen LogP contribution in [0.4, 0.5) is 11.4 Å². The van der Waals surface area contributed by atoms with E-state index in [2.05, 4.69) is 0 Å². The summed E-state index contributed by atoms with van der Waals surface area (Å²) in [4.78, 5) is 40.4. The number of nitro groups is 1. The number of imide groups is 1. The monoisotopic (exact) mass is 437 g/mol. The Balaban J connectivity index is 1.73. The summed E-state index contributed by atoms with van der Waals surface area (Å²) in [5.74, 6) is -0.259. The zero-order valence-corrected chi connectivity index (χ0v) is 17.8. The van der Waals surface area contributed by atoms with Gasteiger partial charge < -0.3 is 14.4 Å². The number of benzene rings is 2. The Morgan fingerprint density at radius 1 is 0.969 bits per heavy atom. The lowest BCUT2D eigenvalue weighted by Gasteiger charge is -2.29. The van der Waals surface area contributed by atoms with Gasteiger partial charge >= 0.3 is 0 Å². The van der Waals surface area contributed by atoms with E-state index in [0.717, 1.165) is 4.90 Å². The predicted octanol–water partition coefficient (Wildman–Crippen LogP) is 3.00. The van der Waals surface area contributed by atoms with Gasteiger partial charge in [-0.15, -0.1) is 0 Å². The van der Waals surface area contributed by atoms with Crippen molar-refractivity contribution in [2.45, 2.75) is 20.0 Å². The quantitative estimate of drug-likeness (QED) is 0.389. The van der Waals surface area contributed by atoms with E-state index in [9.17, 15) is 19.7 Å². The molecule has 0 radical (unpaired) electrons. The third kappa shape index (κ3) is 4.06. The molecule has 2 aliphatic heterocycles. The van der Waals surface area contributed by atoms with Crippen LogP contribution in [0.3, 0.4) is 0 Å². The Morgan fingerprint density at radius 3 is 2.16 bits per heavy atom. The summed E-state index contributed by atoms with van der Waals surface area (Å²) >= 11 is 0. The van der Waals surface area contributed by atoms with Crippen LogP contribution in [-0.4, -0.2) is 54.0 Å². The highest BCUT2D eigenvalue weighted by Gasteiger charge is 2.42. The maximum Gasteiger partial charge on any atom is 0.282 e. The molecule has 2 amide bonds. The number of ether oxygens (including phenoxy) is 2. The fraction of sp³-hybridized carbons (Fsp3) is 0.304. The van der Waals surface area contributed by atoms with Crippen LogP contribution in [0, 0.1) is 10.1 Å². The Bertz CT molecular complexity index is 1070. The average molecular weight is 437 g/mol. The fourth-order valence-corrected chi connectivity index (χ4v) is 3.79. The van der Waals surface area contributed by atoms with Crippen LogP contribution < -0.4 is 9.64 Å². The van der Waals surface area contributed by atoms with E-state index in [1.165, 1.54) is 24.3 Å². The van der Waals surface area contributed by atoms with Crippen molar-refractivity contribution in [3.8, 4) is 5.75 Å². The minimum absolute atomic E-state index is 0.000713. The molecular weight excluding hydrogens is 414 g/mol. The highest BCUT2D eigenvalue weighted by molar-refractivity contribution is 6.45. The molecule has 2 aromatic carbocycles. The summed E-state index contributed by atoms with van der Waals surface area (Å²) in [7, 11) is 0. The first-order valence-electron chi connectivity index (χ1n) is 10.3. The summed E-state index contributed by atoms with van der Waals surface area (Å²) in [6, 6.07) is 12.4. The predicted molar refractivity (Wildman–Crippen MR) is 117 cm³/mol. The molecule has 2 aromatic rings. The van der Waals surface area contributed by atoms with Crippen molar-refractivity contribution in [1.82, 2.24) is 4.90 Å². The average Bonchev–Trinajstić information content (AvgIpc) is 3.04. The number of anilines is 1. The van der Waals surface area contributed by atoms with Crippen LogP contribution in [0.2, 0.25) is 0 Å². The molecule has 0 atom stereocenters. The summed E-state index contributed by atoms with van der Waals surface area (Å²) in [5.41, 5.74) is 1.32. The molecule has 0 bridgehead atoms. The van der Waals surface area contributed by atoms with Crippen molar-refractivity contribution in [3.05, 3.63) is 69.9 Å². The highest BCUT2D eigenvalue weighted by atomic mass is 16.6. The van der Waals surface area contributed by atoms with Crippen molar-refractivity contribution < 1.29 is 24.0 Å². The smallest absolute Gasteiger partial charge is 0.282 e. The van der Waals surface area contributed by atoms with Crippen LogP contribution in [-0.2, 0) is 14.3 Å². The molecule has 0 N–H and O–H groups in total. The molecule has 0 aliphatic carbocycles. The maximum absolute atomic E-state index is 13.5. The first kappa shape index (κ1) is 21.5. The maximum atomic E-state index is 13.5. The lowest BCUT2D eigenvalue weighted by Crippen LogP contribution is -2.40. The van der Waals surface area contributed by atoms with Crippen LogP contribution in [0.15, 0.2) is 54.2 Å². The second kappa shape index (κ2) is 8.80. The summed E-state index contributed by atoms with van der Waals surface area (Å²) in [6.45, 7) is 5.66. The summed E-state index contributed by atoms with van der Waals surface area (Å²) in [5, 5.41) is 11.0. The van der Waals surface area contributed by atoms with Gasteiger partial charge in [-0.3, -0.25) is 19.7 Å². The molecule has 0 saturated carbocycles. The molecule has 0 spiro atoms. The number of nitrogens with zero attached hydrogens (tertiary/aromatic N) is 3. The molecule has 0 aromatic heterocycles. The van der Waals surface area contributed by atoms with Crippen molar-refractivity contribution in [1.29, 1.82) is 0 Å². The molecule has 1 fully saturated rings. The lowest BCUT2D eigenvalue weighted by atomic mass is 10.0. The number of hydrogen-bond acceptors (Lipinski definition) is 7. The van der Waals surface area contributed by atoms with Crippen molar-refractivity contribution in [2.75, 3.05) is 31.2 Å². The van der Waals surface area contributed by atoms with Gasteiger partial charge in [-0.05, 0) is 55.8 Å². The Hall–Kier alpha value is -3.72. The molecule has 166 valence electrons. The molecule has 2 heterocycles. The van der Waals surface area contributed by atoms with E-state index in [4.69, 9.17) is 9.47 Å². The van der Waals surface area contributed by atoms with Crippen LogP contribution in [0.1, 0.15) is 19.4 Å². The number of amides is 2. The number of non-ortho nitro benzene ring substituents is 1. The van der Waals surface area contributed by atoms with E-state index >= 15 is 0 Å². The molecular formula is C23H23N3O6. The molecule has 4 rings (SSSR count). The van der Waals surface area contributed by atoms with Gasteiger partial charge in [-0.25, -0.2) is 4.90 Å². The Labute approximate surface area is 185 Å². The minimum atomic E-state index is -0.504. The normalized spacial score (nSPS) is 16.8. The van der Waals surface area contributed by atoms with Crippen molar-refractivity contribution in [3.63, 3.8) is 0 Å². The molecule has 9 heteroatoms. The van der Waals surface area contributed by atoms with E-state index in [1.807, 2.05) is 18.7 Å².